The number of piperidine rings is 1. The van der Waals surface area contributed by atoms with Crippen molar-refractivity contribution in [3.8, 4) is 11.5 Å². The van der Waals surface area contributed by atoms with Gasteiger partial charge in [-0.15, -0.1) is 0 Å². The molecule has 0 amide bonds. The SMILES string of the molecule is [2H]C([2H])([2H])C(C)(C([2H])([2H])[2H])C([2H])([2H])C1([2H])CN2CCc3cc(OC)c(OC)cc3C2([2H])C([2H])([2H])C1([2H])O. The first-order valence-electron chi connectivity index (χ1n) is 14.2. The normalized spacial score (nSPS) is 48.2. The molecule has 1 fully saturated rings. The zero-order valence-corrected chi connectivity index (χ0v) is 14.0. The fraction of sp³-hybridized carbons (Fsp3) is 0.700. The quantitative estimate of drug-likeness (QED) is 0.910. The van der Waals surface area contributed by atoms with E-state index < -0.39 is 56.4 Å². The number of hydrogen-bond acceptors (Lipinski definition) is 4. The van der Waals surface area contributed by atoms with Crippen molar-refractivity contribution in [2.45, 2.75) is 51.9 Å². The van der Waals surface area contributed by atoms with E-state index >= 15 is 0 Å². The Morgan fingerprint density at radius 1 is 1.42 bits per heavy atom. The molecule has 24 heavy (non-hydrogen) atoms. The molecule has 0 saturated carbocycles. The molecule has 2 heterocycles. The minimum absolute atomic E-state index is 0.0101. The monoisotopic (exact) mass is 346 g/mol. The Labute approximate surface area is 164 Å². The van der Waals surface area contributed by atoms with Crippen molar-refractivity contribution in [2.75, 3.05) is 27.3 Å². The van der Waals surface area contributed by atoms with Crippen molar-refractivity contribution >= 4 is 0 Å². The second kappa shape index (κ2) is 6.57. The Morgan fingerprint density at radius 3 is 2.79 bits per heavy atom. The lowest BCUT2D eigenvalue weighted by atomic mass is 9.75. The zero-order chi connectivity index (χ0) is 28.8. The van der Waals surface area contributed by atoms with Gasteiger partial charge in [0.05, 0.1) is 23.0 Å². The van der Waals surface area contributed by atoms with Crippen LogP contribution in [-0.2, 0) is 6.42 Å². The van der Waals surface area contributed by atoms with Crippen LogP contribution >= 0.6 is 0 Å². The average molecular weight is 347 g/mol. The van der Waals surface area contributed by atoms with Crippen molar-refractivity contribution in [3.63, 3.8) is 0 Å². The van der Waals surface area contributed by atoms with Gasteiger partial charge in [-0.2, -0.15) is 0 Å². The highest BCUT2D eigenvalue weighted by Crippen LogP contribution is 2.44. The molecule has 1 aromatic rings. The number of ether oxygens (including phenoxy) is 2. The van der Waals surface area contributed by atoms with Gasteiger partial charge >= 0.3 is 0 Å². The zero-order valence-electron chi connectivity index (χ0n) is 27.0. The summed E-state index contributed by atoms with van der Waals surface area (Å²) in [6, 6.07) is 0.304. The summed E-state index contributed by atoms with van der Waals surface area (Å²) in [7, 11) is 2.72. The Morgan fingerprint density at radius 2 is 2.12 bits per heavy atom. The van der Waals surface area contributed by atoms with Gasteiger partial charge < -0.3 is 14.6 Å². The van der Waals surface area contributed by atoms with Gasteiger partial charge in [-0.1, -0.05) is 20.6 Å². The van der Waals surface area contributed by atoms with Crippen LogP contribution in [0, 0.1) is 11.3 Å². The average Bonchev–Trinajstić information content (AvgIpc) is 2.76. The molecule has 0 aromatic heterocycles. The fourth-order valence-electron chi connectivity index (χ4n) is 3.04. The third kappa shape index (κ3) is 3.40. The Hall–Kier alpha value is -1.26. The van der Waals surface area contributed by atoms with Crippen LogP contribution in [0.3, 0.4) is 0 Å². The van der Waals surface area contributed by atoms with E-state index in [1.807, 2.05) is 0 Å². The Balaban J connectivity index is 2.32. The standard InChI is InChI=1S/C20H31NO3/c1-20(2,3)11-14-12-21-7-6-13-8-18(23-4)19(24-5)9-15(13)16(21)10-17(14)22/h8-9,14,16-17,22H,6-7,10-12H2,1-5H3/i1D3,2D3,10D2,11D2,14D,16D,17D. The number of aliphatic hydroxyl groups is 1. The number of benzene rings is 1. The largest absolute Gasteiger partial charge is 0.493 e. The molecule has 1 aromatic carbocycles. The van der Waals surface area contributed by atoms with Gasteiger partial charge in [0, 0.05) is 34.2 Å². The van der Waals surface area contributed by atoms with E-state index in [-0.39, 0.29) is 24.3 Å². The summed E-state index contributed by atoms with van der Waals surface area (Å²) < 4.78 is 120. The van der Waals surface area contributed by atoms with Gasteiger partial charge in [0.25, 0.3) is 0 Å². The van der Waals surface area contributed by atoms with Crippen molar-refractivity contribution in [1.82, 2.24) is 4.90 Å². The molecule has 134 valence electrons. The molecule has 0 bridgehead atoms. The van der Waals surface area contributed by atoms with Crippen LogP contribution < -0.4 is 9.47 Å². The highest BCUT2D eigenvalue weighted by Gasteiger charge is 2.39. The molecule has 3 atom stereocenters. The summed E-state index contributed by atoms with van der Waals surface area (Å²) in [5.74, 6) is -2.93. The van der Waals surface area contributed by atoms with E-state index in [1.165, 1.54) is 26.4 Å². The topological polar surface area (TPSA) is 41.9 Å². The molecule has 1 saturated heterocycles. The van der Waals surface area contributed by atoms with Crippen molar-refractivity contribution < 1.29 is 32.4 Å². The minimum atomic E-state index is -3.79. The molecular weight excluding hydrogens is 302 g/mol. The smallest absolute Gasteiger partial charge is 0.161 e. The predicted molar refractivity (Wildman–Crippen MR) is 95.7 cm³/mol. The van der Waals surface area contributed by atoms with Crippen molar-refractivity contribution in [2.24, 2.45) is 11.3 Å². The van der Waals surface area contributed by atoms with Crippen LogP contribution in [0.4, 0.5) is 0 Å². The summed E-state index contributed by atoms with van der Waals surface area (Å²) >= 11 is 0. The first-order chi connectivity index (χ1) is 16.4. The first-order valence-corrected chi connectivity index (χ1v) is 7.67. The third-order valence-corrected chi connectivity index (χ3v) is 4.10. The third-order valence-electron chi connectivity index (χ3n) is 4.10. The maximum Gasteiger partial charge on any atom is 0.161 e. The van der Waals surface area contributed by atoms with Gasteiger partial charge in [-0.05, 0) is 53.7 Å². The maximum absolute atomic E-state index is 11.4. The van der Waals surface area contributed by atoms with E-state index in [2.05, 4.69) is 0 Å². The molecule has 0 spiro atoms. The summed E-state index contributed by atoms with van der Waals surface area (Å²) in [6.45, 7) is -7.60. The molecule has 2 aliphatic heterocycles. The first kappa shape index (κ1) is 7.55. The highest BCUT2D eigenvalue weighted by atomic mass is 16.5. The summed E-state index contributed by atoms with van der Waals surface area (Å²) in [4.78, 5) is 1.05. The van der Waals surface area contributed by atoms with Crippen LogP contribution in [0.2, 0.25) is 0 Å². The van der Waals surface area contributed by atoms with Crippen molar-refractivity contribution in [1.29, 1.82) is 0 Å². The van der Waals surface area contributed by atoms with Gasteiger partial charge in [-0.3, -0.25) is 4.90 Å². The molecule has 2 aliphatic rings. The summed E-state index contributed by atoms with van der Waals surface area (Å²) in [5.41, 5.74) is -2.85. The van der Waals surface area contributed by atoms with Crippen LogP contribution in [0.25, 0.3) is 0 Å². The van der Waals surface area contributed by atoms with Crippen molar-refractivity contribution in [3.05, 3.63) is 23.3 Å². The molecule has 4 nitrogen and oxygen atoms in total. The second-order valence-corrected chi connectivity index (χ2v) is 6.09. The molecule has 0 radical (unpaired) electrons. The number of methoxy groups -OCH3 is 2. The predicted octanol–water partition coefficient (Wildman–Crippen LogP) is 3.42. The van der Waals surface area contributed by atoms with Crippen LogP contribution in [0.5, 0.6) is 11.5 Å². The van der Waals surface area contributed by atoms with E-state index in [4.69, 9.17) is 25.9 Å². The number of nitrogens with zero attached hydrogens (tertiary/aromatic N) is 1. The summed E-state index contributed by atoms with van der Waals surface area (Å²) in [5, 5.41) is 11.4. The Bertz CT molecular complexity index is 1060. The fourth-order valence-corrected chi connectivity index (χ4v) is 3.04. The highest BCUT2D eigenvalue weighted by molar-refractivity contribution is 5.49. The molecule has 1 N–H and O–H groups in total. The van der Waals surface area contributed by atoms with Gasteiger partial charge in [0.2, 0.25) is 0 Å². The van der Waals surface area contributed by atoms with Crippen LogP contribution in [0.15, 0.2) is 12.1 Å². The molecule has 3 rings (SSSR count). The van der Waals surface area contributed by atoms with Gasteiger partial charge in [0.1, 0.15) is 0 Å². The molecule has 3 unspecified atom stereocenters. The van der Waals surface area contributed by atoms with Crippen LogP contribution in [0.1, 0.15) is 68.3 Å². The van der Waals surface area contributed by atoms with Crippen LogP contribution in [-0.4, -0.2) is 43.4 Å². The minimum Gasteiger partial charge on any atom is -0.493 e. The number of fused-ring (bicyclic) bond motifs is 3. The lowest BCUT2D eigenvalue weighted by Crippen LogP contribution is -2.48. The lowest BCUT2D eigenvalue weighted by molar-refractivity contribution is -0.0259. The second-order valence-electron chi connectivity index (χ2n) is 6.09. The lowest BCUT2D eigenvalue weighted by Gasteiger charge is -2.47. The number of rotatable bonds is 3. The van der Waals surface area contributed by atoms with E-state index in [0.29, 0.717) is 18.2 Å². The van der Waals surface area contributed by atoms with E-state index in [0.717, 1.165) is 4.90 Å². The van der Waals surface area contributed by atoms with E-state index in [9.17, 15) is 6.48 Å². The van der Waals surface area contributed by atoms with E-state index in [1.54, 1.807) is 0 Å². The molecular formula is C20H31NO3. The number of hydrogen-bond donors (Lipinski definition) is 1. The maximum atomic E-state index is 11.4. The summed E-state index contributed by atoms with van der Waals surface area (Å²) in [6.07, 6.45) is -10.7. The van der Waals surface area contributed by atoms with Gasteiger partial charge in [0.15, 0.2) is 11.5 Å². The van der Waals surface area contributed by atoms with Gasteiger partial charge in [-0.25, -0.2) is 0 Å². The Kier molecular flexibility index (Phi) is 2.06. The molecule has 4 heteroatoms. The molecule has 0 aliphatic carbocycles.